The van der Waals surface area contributed by atoms with Crippen LogP contribution in [-0.2, 0) is 14.3 Å². The molecule has 2 aliphatic heterocycles. The van der Waals surface area contributed by atoms with Crippen LogP contribution in [0.4, 0.5) is 0 Å². The third-order valence-electron chi connectivity index (χ3n) is 5.70. The van der Waals surface area contributed by atoms with Gasteiger partial charge in [-0.15, -0.1) is 0 Å². The van der Waals surface area contributed by atoms with Crippen LogP contribution in [0.3, 0.4) is 0 Å². The van der Waals surface area contributed by atoms with Crippen molar-refractivity contribution in [2.75, 3.05) is 46.5 Å². The summed E-state index contributed by atoms with van der Waals surface area (Å²) in [7, 11) is 1.57. The van der Waals surface area contributed by atoms with E-state index in [4.69, 9.17) is 13.9 Å². The molecule has 1 amide bonds. The molecule has 8 heteroatoms. The average molecular weight is 438 g/mol. The molecule has 168 valence electrons. The van der Waals surface area contributed by atoms with Crippen LogP contribution in [0.5, 0.6) is 5.75 Å². The summed E-state index contributed by atoms with van der Waals surface area (Å²) in [6, 6.07) is 9.90. The van der Waals surface area contributed by atoms with Gasteiger partial charge < -0.3 is 23.9 Å². The zero-order valence-electron chi connectivity index (χ0n) is 17.9. The summed E-state index contributed by atoms with van der Waals surface area (Å²) in [5.74, 6) is -0.331. The zero-order chi connectivity index (χ0) is 22.5. The summed E-state index contributed by atoms with van der Waals surface area (Å²) in [4.78, 5) is 29.8. The molecule has 1 unspecified atom stereocenters. The molecule has 3 heterocycles. The van der Waals surface area contributed by atoms with Gasteiger partial charge >= 0.3 is 0 Å². The first-order valence-electron chi connectivity index (χ1n) is 10.5. The molecule has 8 nitrogen and oxygen atoms in total. The average Bonchev–Trinajstić information content (AvgIpc) is 3.44. The molecule has 1 N–H and O–H groups in total. The summed E-state index contributed by atoms with van der Waals surface area (Å²) in [6.07, 6.45) is 4.35. The van der Waals surface area contributed by atoms with E-state index in [1.807, 2.05) is 0 Å². The van der Waals surface area contributed by atoms with Gasteiger partial charge in [0, 0.05) is 26.2 Å². The third-order valence-corrected chi connectivity index (χ3v) is 5.70. The molecule has 2 aromatic rings. The number of allylic oxidation sites excluding steroid dienone is 1. The van der Waals surface area contributed by atoms with Crippen molar-refractivity contribution in [1.82, 2.24) is 9.80 Å². The number of morpholine rings is 1. The highest BCUT2D eigenvalue weighted by Crippen LogP contribution is 2.38. The highest BCUT2D eigenvalue weighted by molar-refractivity contribution is 6.14. The first-order chi connectivity index (χ1) is 15.6. The molecular weight excluding hydrogens is 412 g/mol. The number of furan rings is 1. The highest BCUT2D eigenvalue weighted by atomic mass is 16.5. The maximum Gasteiger partial charge on any atom is 0.290 e. The van der Waals surface area contributed by atoms with Crippen LogP contribution in [0.25, 0.3) is 6.08 Å². The summed E-state index contributed by atoms with van der Waals surface area (Å²) in [5, 5.41) is 10.7. The molecule has 1 atom stereocenters. The smallest absolute Gasteiger partial charge is 0.290 e. The monoisotopic (exact) mass is 438 g/mol. The van der Waals surface area contributed by atoms with Crippen molar-refractivity contribution in [1.29, 1.82) is 0 Å². The lowest BCUT2D eigenvalue weighted by atomic mass is 9.95. The van der Waals surface area contributed by atoms with Crippen LogP contribution >= 0.6 is 0 Å². The quantitative estimate of drug-likeness (QED) is 0.634. The molecule has 2 aliphatic rings. The van der Waals surface area contributed by atoms with Crippen molar-refractivity contribution in [2.24, 2.45) is 0 Å². The Labute approximate surface area is 186 Å². The number of methoxy groups -OCH3 is 1. The number of ketones is 1. The molecule has 1 fully saturated rings. The number of hydrogen-bond donors (Lipinski definition) is 1. The zero-order valence-corrected chi connectivity index (χ0v) is 17.9. The van der Waals surface area contributed by atoms with Gasteiger partial charge in [0.05, 0.1) is 38.2 Å². The fourth-order valence-electron chi connectivity index (χ4n) is 3.98. The van der Waals surface area contributed by atoms with Crippen molar-refractivity contribution in [3.8, 4) is 5.75 Å². The summed E-state index contributed by atoms with van der Waals surface area (Å²) < 4.78 is 15.9. The third kappa shape index (κ3) is 4.61. The second-order valence-electron chi connectivity index (χ2n) is 7.60. The van der Waals surface area contributed by atoms with E-state index in [-0.39, 0.29) is 5.57 Å². The standard InChI is InChI=1S/C24H26N2O6/c1-30-18-6-4-17(5-7-18)22-21(20(27)9-8-19-3-2-14-32-19)23(28)24(29)26(22)11-10-25-12-15-31-16-13-25/h2-9,14,22,28H,10-13,15-16H2,1H3. The van der Waals surface area contributed by atoms with E-state index in [0.29, 0.717) is 37.8 Å². The van der Waals surface area contributed by atoms with Crippen molar-refractivity contribution >= 4 is 17.8 Å². The van der Waals surface area contributed by atoms with E-state index in [9.17, 15) is 14.7 Å². The van der Waals surface area contributed by atoms with E-state index in [1.54, 1.807) is 48.4 Å². The Kier molecular flexibility index (Phi) is 6.72. The molecule has 0 bridgehead atoms. The van der Waals surface area contributed by atoms with Crippen molar-refractivity contribution < 1.29 is 28.6 Å². The van der Waals surface area contributed by atoms with Crippen LogP contribution in [0.2, 0.25) is 0 Å². The summed E-state index contributed by atoms with van der Waals surface area (Å²) in [5.41, 5.74) is 0.782. The number of aliphatic hydroxyl groups is 1. The minimum absolute atomic E-state index is 0.0601. The number of benzene rings is 1. The largest absolute Gasteiger partial charge is 0.503 e. The molecule has 1 aromatic carbocycles. The molecule has 1 aromatic heterocycles. The van der Waals surface area contributed by atoms with Gasteiger partial charge in [-0.3, -0.25) is 14.5 Å². The van der Waals surface area contributed by atoms with Gasteiger partial charge in [0.2, 0.25) is 0 Å². The maximum absolute atomic E-state index is 13.1. The second kappa shape index (κ2) is 9.84. The number of amides is 1. The number of aliphatic hydroxyl groups excluding tert-OH is 1. The van der Waals surface area contributed by atoms with Crippen molar-refractivity contribution in [3.05, 3.63) is 71.4 Å². The van der Waals surface area contributed by atoms with Gasteiger partial charge in [-0.25, -0.2) is 0 Å². The van der Waals surface area contributed by atoms with E-state index in [0.717, 1.165) is 18.7 Å². The number of nitrogens with zero attached hydrogens (tertiary/aromatic N) is 2. The number of hydrogen-bond acceptors (Lipinski definition) is 7. The van der Waals surface area contributed by atoms with Crippen LogP contribution in [0, 0.1) is 0 Å². The van der Waals surface area contributed by atoms with E-state index in [2.05, 4.69) is 4.90 Å². The normalized spacial score (nSPS) is 19.8. The van der Waals surface area contributed by atoms with E-state index in [1.165, 1.54) is 18.4 Å². The Hall–Kier alpha value is -3.36. The van der Waals surface area contributed by atoms with Gasteiger partial charge in [-0.05, 0) is 42.0 Å². The molecule has 0 radical (unpaired) electrons. The van der Waals surface area contributed by atoms with Crippen LogP contribution in [-0.4, -0.2) is 73.1 Å². The molecule has 0 spiro atoms. The summed E-state index contributed by atoms with van der Waals surface area (Å²) >= 11 is 0. The molecule has 32 heavy (non-hydrogen) atoms. The molecular formula is C24H26N2O6. The first kappa shape index (κ1) is 21.9. The van der Waals surface area contributed by atoms with Gasteiger partial charge in [-0.2, -0.15) is 0 Å². The Morgan fingerprint density at radius 1 is 1.19 bits per heavy atom. The molecule has 1 saturated heterocycles. The number of ether oxygens (including phenoxy) is 2. The summed E-state index contributed by atoms with van der Waals surface area (Å²) in [6.45, 7) is 3.87. The topological polar surface area (TPSA) is 92.5 Å². The Balaban J connectivity index is 1.62. The van der Waals surface area contributed by atoms with Crippen molar-refractivity contribution in [2.45, 2.75) is 6.04 Å². The fourth-order valence-corrected chi connectivity index (χ4v) is 3.98. The number of rotatable bonds is 8. The lowest BCUT2D eigenvalue weighted by Crippen LogP contribution is -2.43. The van der Waals surface area contributed by atoms with Gasteiger partial charge in [0.15, 0.2) is 11.5 Å². The minimum Gasteiger partial charge on any atom is -0.503 e. The second-order valence-corrected chi connectivity index (χ2v) is 7.60. The Bertz CT molecular complexity index is 1000. The molecule has 4 rings (SSSR count). The SMILES string of the molecule is COc1ccc(C2C(C(=O)C=Cc3ccco3)=C(O)C(=O)N2CCN2CCOCC2)cc1. The minimum atomic E-state index is -0.691. The van der Waals surface area contributed by atoms with E-state index < -0.39 is 23.5 Å². The van der Waals surface area contributed by atoms with Gasteiger partial charge in [0.25, 0.3) is 5.91 Å². The lowest BCUT2D eigenvalue weighted by Gasteiger charge is -2.31. The van der Waals surface area contributed by atoms with Crippen molar-refractivity contribution in [3.63, 3.8) is 0 Å². The predicted molar refractivity (Wildman–Crippen MR) is 117 cm³/mol. The Morgan fingerprint density at radius 3 is 2.59 bits per heavy atom. The predicted octanol–water partition coefficient (Wildman–Crippen LogP) is 2.60. The highest BCUT2D eigenvalue weighted by Gasteiger charge is 2.42. The maximum atomic E-state index is 13.1. The Morgan fingerprint density at radius 2 is 1.94 bits per heavy atom. The van der Waals surface area contributed by atoms with Crippen LogP contribution in [0.15, 0.2) is 64.5 Å². The van der Waals surface area contributed by atoms with Gasteiger partial charge in [0.1, 0.15) is 11.5 Å². The van der Waals surface area contributed by atoms with Crippen LogP contribution in [0.1, 0.15) is 17.4 Å². The lowest BCUT2D eigenvalue weighted by molar-refractivity contribution is -0.129. The molecule has 0 saturated carbocycles. The number of carbonyl (C=O) groups is 2. The van der Waals surface area contributed by atoms with Gasteiger partial charge in [-0.1, -0.05) is 12.1 Å². The van der Waals surface area contributed by atoms with E-state index >= 15 is 0 Å². The number of carbonyl (C=O) groups excluding carboxylic acids is 2. The van der Waals surface area contributed by atoms with Crippen LogP contribution < -0.4 is 4.74 Å². The first-order valence-corrected chi connectivity index (χ1v) is 10.5. The molecule has 0 aliphatic carbocycles. The fraction of sp³-hybridized carbons (Fsp3) is 0.333.